The van der Waals surface area contributed by atoms with Crippen LogP contribution < -0.4 is 9.64 Å². The van der Waals surface area contributed by atoms with Crippen LogP contribution in [-0.2, 0) is 9.59 Å². The zero-order chi connectivity index (χ0) is 23.0. The van der Waals surface area contributed by atoms with Crippen molar-refractivity contribution in [2.24, 2.45) is 0 Å². The number of aryl methyl sites for hydroxylation is 1. The number of Topliss-reactive ketones (excluding diaryl/α,β-unsaturated/α-hetero) is 1. The van der Waals surface area contributed by atoms with Crippen LogP contribution in [0.15, 0.2) is 64.7 Å². The fourth-order valence-electron chi connectivity index (χ4n) is 3.56. The molecule has 1 saturated heterocycles. The number of carbonyl (C=O) groups is 2. The maximum atomic E-state index is 13.0. The molecule has 1 aromatic heterocycles. The summed E-state index contributed by atoms with van der Waals surface area (Å²) in [5.41, 5.74) is 0.0832. The number of ether oxygens (including phenoxy) is 1. The summed E-state index contributed by atoms with van der Waals surface area (Å²) in [5.74, 6) is -1.33. The van der Waals surface area contributed by atoms with Gasteiger partial charge in [0.1, 0.15) is 17.3 Å². The van der Waals surface area contributed by atoms with E-state index in [4.69, 9.17) is 9.26 Å². The van der Waals surface area contributed by atoms with E-state index in [2.05, 4.69) is 5.16 Å². The van der Waals surface area contributed by atoms with Gasteiger partial charge in [-0.15, -0.1) is 0 Å². The number of aromatic nitrogens is 1. The van der Waals surface area contributed by atoms with Crippen LogP contribution in [-0.4, -0.2) is 34.0 Å². The Morgan fingerprint density at radius 1 is 1.19 bits per heavy atom. The maximum absolute atomic E-state index is 13.0. The third kappa shape index (κ3) is 3.47. The molecule has 0 radical (unpaired) electrons. The molecule has 32 heavy (non-hydrogen) atoms. The fourth-order valence-corrected chi connectivity index (χ4v) is 3.56. The molecule has 1 N–H and O–H groups in total. The second kappa shape index (κ2) is 7.99. The number of aliphatic hydroxyl groups excluding tert-OH is 1. The number of non-ortho nitro benzene ring substituents is 1. The molecule has 1 atom stereocenters. The SMILES string of the molecule is COc1ccc(/C(O)=C2\C(=O)C(=O)N(c3cc(C)on3)[C@H]2c2cccc([N+](=O)[O-])c2)cc1. The number of anilines is 1. The van der Waals surface area contributed by atoms with Gasteiger partial charge in [-0.3, -0.25) is 24.6 Å². The van der Waals surface area contributed by atoms with Crippen LogP contribution in [0.4, 0.5) is 11.5 Å². The van der Waals surface area contributed by atoms with Crippen molar-refractivity contribution < 1.29 is 28.9 Å². The lowest BCUT2D eigenvalue weighted by Gasteiger charge is -2.22. The number of aliphatic hydroxyl groups is 1. The zero-order valence-electron chi connectivity index (χ0n) is 17.0. The number of nitro benzene ring substituents is 1. The van der Waals surface area contributed by atoms with Gasteiger partial charge in [-0.25, -0.2) is 0 Å². The number of hydrogen-bond acceptors (Lipinski definition) is 8. The van der Waals surface area contributed by atoms with Crippen molar-refractivity contribution in [3.63, 3.8) is 0 Å². The Hall–Kier alpha value is -4.47. The fraction of sp³-hybridized carbons (Fsp3) is 0.136. The molecule has 2 heterocycles. The number of ketones is 1. The molecule has 4 rings (SSSR count). The van der Waals surface area contributed by atoms with Crippen molar-refractivity contribution >= 4 is 29.0 Å². The van der Waals surface area contributed by atoms with Crippen molar-refractivity contribution in [2.45, 2.75) is 13.0 Å². The highest BCUT2D eigenvalue weighted by Crippen LogP contribution is 2.42. The Bertz CT molecular complexity index is 1260. The normalized spacial score (nSPS) is 17.6. The second-order valence-electron chi connectivity index (χ2n) is 7.05. The molecular formula is C22H17N3O7. The van der Waals surface area contributed by atoms with Crippen molar-refractivity contribution in [3.05, 3.63) is 87.2 Å². The van der Waals surface area contributed by atoms with Gasteiger partial charge in [0.25, 0.3) is 11.5 Å². The van der Waals surface area contributed by atoms with Crippen LogP contribution in [0.3, 0.4) is 0 Å². The molecule has 3 aromatic rings. The van der Waals surface area contributed by atoms with Gasteiger partial charge in [0.2, 0.25) is 0 Å². The lowest BCUT2D eigenvalue weighted by atomic mass is 9.95. The minimum absolute atomic E-state index is 0.0508. The van der Waals surface area contributed by atoms with E-state index in [9.17, 15) is 24.8 Å². The van der Waals surface area contributed by atoms with E-state index in [0.29, 0.717) is 11.5 Å². The third-order valence-corrected chi connectivity index (χ3v) is 5.07. The number of amides is 1. The van der Waals surface area contributed by atoms with Crippen LogP contribution in [0.25, 0.3) is 5.76 Å². The summed E-state index contributed by atoms with van der Waals surface area (Å²) in [5, 5.41) is 26.1. The Morgan fingerprint density at radius 2 is 1.91 bits per heavy atom. The Morgan fingerprint density at radius 3 is 2.50 bits per heavy atom. The van der Waals surface area contributed by atoms with Gasteiger partial charge >= 0.3 is 5.91 Å². The number of rotatable bonds is 5. The van der Waals surface area contributed by atoms with Crippen molar-refractivity contribution in [1.29, 1.82) is 0 Å². The number of benzene rings is 2. The van der Waals surface area contributed by atoms with Crippen molar-refractivity contribution in [1.82, 2.24) is 5.16 Å². The van der Waals surface area contributed by atoms with Crippen LogP contribution >= 0.6 is 0 Å². The molecule has 0 aliphatic carbocycles. The molecule has 1 fully saturated rings. The highest BCUT2D eigenvalue weighted by molar-refractivity contribution is 6.51. The van der Waals surface area contributed by atoms with Gasteiger partial charge in [-0.2, -0.15) is 0 Å². The highest BCUT2D eigenvalue weighted by atomic mass is 16.6. The van der Waals surface area contributed by atoms with Crippen LogP contribution in [0, 0.1) is 17.0 Å². The predicted octanol–water partition coefficient (Wildman–Crippen LogP) is 3.53. The van der Waals surface area contributed by atoms with Crippen LogP contribution in [0.5, 0.6) is 5.75 Å². The first-order valence-corrected chi connectivity index (χ1v) is 9.45. The molecule has 2 aromatic carbocycles. The summed E-state index contributed by atoms with van der Waals surface area (Å²) in [6, 6.07) is 12.1. The zero-order valence-corrected chi connectivity index (χ0v) is 17.0. The summed E-state index contributed by atoms with van der Waals surface area (Å²) in [6.45, 7) is 1.62. The van der Waals surface area contributed by atoms with Crippen molar-refractivity contribution in [2.75, 3.05) is 12.0 Å². The molecule has 0 spiro atoms. The van der Waals surface area contributed by atoms with Gasteiger partial charge in [0.15, 0.2) is 5.82 Å². The molecule has 1 amide bonds. The second-order valence-corrected chi connectivity index (χ2v) is 7.05. The molecule has 10 nitrogen and oxygen atoms in total. The first-order valence-electron chi connectivity index (χ1n) is 9.45. The summed E-state index contributed by atoms with van der Waals surface area (Å²) in [6.07, 6.45) is 0. The lowest BCUT2D eigenvalue weighted by molar-refractivity contribution is -0.384. The molecular weight excluding hydrogens is 418 g/mol. The summed E-state index contributed by atoms with van der Waals surface area (Å²) < 4.78 is 10.2. The number of nitrogens with zero attached hydrogens (tertiary/aromatic N) is 3. The van der Waals surface area contributed by atoms with Crippen LogP contribution in [0.1, 0.15) is 22.9 Å². The monoisotopic (exact) mass is 435 g/mol. The van der Waals surface area contributed by atoms with Gasteiger partial charge in [0, 0.05) is 23.8 Å². The average Bonchev–Trinajstić information content (AvgIpc) is 3.34. The highest BCUT2D eigenvalue weighted by Gasteiger charge is 2.48. The smallest absolute Gasteiger partial charge is 0.301 e. The minimum atomic E-state index is -1.15. The largest absolute Gasteiger partial charge is 0.507 e. The van der Waals surface area contributed by atoms with E-state index < -0.39 is 28.4 Å². The molecule has 0 bridgehead atoms. The molecule has 0 saturated carbocycles. The number of hydrogen-bond donors (Lipinski definition) is 1. The van der Waals surface area contributed by atoms with Gasteiger partial charge in [-0.1, -0.05) is 17.3 Å². The summed E-state index contributed by atoms with van der Waals surface area (Å²) in [4.78, 5) is 37.8. The molecule has 0 unspecified atom stereocenters. The van der Waals surface area contributed by atoms with E-state index in [1.54, 1.807) is 19.1 Å². The number of carbonyl (C=O) groups excluding carboxylic acids is 2. The van der Waals surface area contributed by atoms with Crippen LogP contribution in [0.2, 0.25) is 0 Å². The predicted molar refractivity (Wildman–Crippen MR) is 112 cm³/mol. The molecule has 162 valence electrons. The van der Waals surface area contributed by atoms with E-state index in [0.717, 1.165) is 4.90 Å². The lowest BCUT2D eigenvalue weighted by Crippen LogP contribution is -2.29. The average molecular weight is 435 g/mol. The summed E-state index contributed by atoms with van der Waals surface area (Å²) >= 11 is 0. The minimum Gasteiger partial charge on any atom is -0.507 e. The van der Waals surface area contributed by atoms with Gasteiger partial charge in [0.05, 0.1) is 23.6 Å². The van der Waals surface area contributed by atoms with Gasteiger partial charge in [-0.05, 0) is 36.8 Å². The first-order chi connectivity index (χ1) is 15.3. The molecule has 1 aliphatic rings. The number of methoxy groups -OCH3 is 1. The Balaban J connectivity index is 1.94. The topological polar surface area (TPSA) is 136 Å². The van der Waals surface area contributed by atoms with E-state index >= 15 is 0 Å². The van der Waals surface area contributed by atoms with E-state index in [-0.39, 0.29) is 28.2 Å². The Kier molecular flexibility index (Phi) is 5.19. The first kappa shape index (κ1) is 20.8. The standard InChI is InChI=1S/C22H17N3O7/c1-12-10-17(23-32-12)24-19(14-4-3-5-15(11-14)25(29)30)18(21(27)22(24)28)20(26)13-6-8-16(31-2)9-7-13/h3-11,19,26H,1-2H3/b20-18+/t19-/m0/s1. The molecule has 10 heteroatoms. The Labute approximate surface area is 181 Å². The maximum Gasteiger partial charge on any atom is 0.301 e. The number of nitro groups is 1. The van der Waals surface area contributed by atoms with E-state index in [1.165, 1.54) is 49.6 Å². The quantitative estimate of drug-likeness (QED) is 0.211. The summed E-state index contributed by atoms with van der Waals surface area (Å²) in [7, 11) is 1.49. The van der Waals surface area contributed by atoms with E-state index in [1.807, 2.05) is 0 Å². The van der Waals surface area contributed by atoms with Gasteiger partial charge < -0.3 is 14.4 Å². The van der Waals surface area contributed by atoms with Crippen molar-refractivity contribution in [3.8, 4) is 5.75 Å². The third-order valence-electron chi connectivity index (χ3n) is 5.07. The molecule has 1 aliphatic heterocycles.